The van der Waals surface area contributed by atoms with Crippen molar-refractivity contribution in [1.29, 1.82) is 0 Å². The molecule has 1 heterocycles. The first-order chi connectivity index (χ1) is 7.24. The van der Waals surface area contributed by atoms with E-state index in [1.807, 2.05) is 12.1 Å². The van der Waals surface area contributed by atoms with Crippen LogP contribution in [-0.2, 0) is 0 Å². The van der Waals surface area contributed by atoms with Crippen molar-refractivity contribution in [1.82, 2.24) is 4.98 Å². The van der Waals surface area contributed by atoms with Crippen molar-refractivity contribution in [2.45, 2.75) is 38.6 Å². The maximum absolute atomic E-state index is 5.59. The first-order valence-electron chi connectivity index (χ1n) is 5.72. The van der Waals surface area contributed by atoms with Crippen molar-refractivity contribution in [3.8, 4) is 0 Å². The molecule has 0 atom stereocenters. The monoisotopic (exact) mass is 205 g/mol. The summed E-state index contributed by atoms with van der Waals surface area (Å²) in [5.74, 6) is 1.84. The third-order valence-corrected chi connectivity index (χ3v) is 3.15. The van der Waals surface area contributed by atoms with E-state index in [-0.39, 0.29) is 0 Å². The first kappa shape index (κ1) is 10.3. The molecular formula is C12H19N3. The number of nitrogens with zero attached hydrogens (tertiary/aromatic N) is 1. The van der Waals surface area contributed by atoms with E-state index in [4.69, 9.17) is 5.73 Å². The summed E-state index contributed by atoms with van der Waals surface area (Å²) in [4.78, 5) is 4.26. The van der Waals surface area contributed by atoms with Gasteiger partial charge >= 0.3 is 0 Å². The Hall–Kier alpha value is -1.25. The molecule has 0 spiro atoms. The highest BCUT2D eigenvalue weighted by Crippen LogP contribution is 2.25. The summed E-state index contributed by atoms with van der Waals surface area (Å²) in [5.41, 5.74) is 6.31. The van der Waals surface area contributed by atoms with Gasteiger partial charge < -0.3 is 11.1 Å². The van der Waals surface area contributed by atoms with Gasteiger partial charge in [-0.15, -0.1) is 0 Å². The minimum atomic E-state index is 0.595. The molecule has 1 aromatic heterocycles. The molecular weight excluding hydrogens is 186 g/mol. The van der Waals surface area contributed by atoms with Crippen LogP contribution >= 0.6 is 0 Å². The van der Waals surface area contributed by atoms with Crippen LogP contribution in [-0.4, -0.2) is 11.0 Å². The molecule has 1 saturated carbocycles. The number of rotatable bonds is 2. The second kappa shape index (κ2) is 4.51. The van der Waals surface area contributed by atoms with Gasteiger partial charge in [-0.25, -0.2) is 4.98 Å². The quantitative estimate of drug-likeness (QED) is 0.780. The zero-order valence-corrected chi connectivity index (χ0v) is 9.24. The van der Waals surface area contributed by atoms with Gasteiger partial charge in [0, 0.05) is 6.04 Å². The standard InChI is InChI=1S/C12H19N3/c1-9-2-5-11(6-3-9)15-12-7-4-10(13)8-14-12/h4,7-9,11H,2-3,5-6,13H2,1H3,(H,14,15). The molecule has 0 bridgehead atoms. The smallest absolute Gasteiger partial charge is 0.126 e. The van der Waals surface area contributed by atoms with Crippen molar-refractivity contribution < 1.29 is 0 Å². The van der Waals surface area contributed by atoms with Crippen LogP contribution in [0.1, 0.15) is 32.6 Å². The van der Waals surface area contributed by atoms with E-state index in [0.29, 0.717) is 6.04 Å². The normalized spacial score (nSPS) is 26.2. The molecule has 0 aliphatic heterocycles. The van der Waals surface area contributed by atoms with Gasteiger partial charge in [0.05, 0.1) is 11.9 Å². The molecule has 1 aliphatic rings. The number of aromatic nitrogens is 1. The lowest BCUT2D eigenvalue weighted by molar-refractivity contribution is 0.361. The van der Waals surface area contributed by atoms with Crippen molar-refractivity contribution in [2.24, 2.45) is 5.92 Å². The second-order valence-electron chi connectivity index (χ2n) is 4.58. The van der Waals surface area contributed by atoms with Crippen LogP contribution in [0.2, 0.25) is 0 Å². The van der Waals surface area contributed by atoms with E-state index < -0.39 is 0 Å². The van der Waals surface area contributed by atoms with Gasteiger partial charge in [-0.05, 0) is 43.7 Å². The number of anilines is 2. The largest absolute Gasteiger partial charge is 0.397 e. The summed E-state index contributed by atoms with van der Waals surface area (Å²) in [6, 6.07) is 4.44. The van der Waals surface area contributed by atoms with Crippen molar-refractivity contribution in [3.63, 3.8) is 0 Å². The summed E-state index contributed by atoms with van der Waals surface area (Å²) in [5, 5.41) is 3.46. The van der Waals surface area contributed by atoms with Crippen LogP contribution in [0, 0.1) is 5.92 Å². The Morgan fingerprint density at radius 2 is 2.00 bits per heavy atom. The Morgan fingerprint density at radius 1 is 1.27 bits per heavy atom. The lowest BCUT2D eigenvalue weighted by atomic mass is 9.87. The summed E-state index contributed by atoms with van der Waals surface area (Å²) in [7, 11) is 0. The topological polar surface area (TPSA) is 50.9 Å². The van der Waals surface area contributed by atoms with Crippen molar-refractivity contribution in [3.05, 3.63) is 18.3 Å². The van der Waals surface area contributed by atoms with Gasteiger partial charge in [-0.3, -0.25) is 0 Å². The molecule has 0 unspecified atom stereocenters. The number of pyridine rings is 1. The molecule has 3 heteroatoms. The lowest BCUT2D eigenvalue weighted by Gasteiger charge is -2.27. The predicted octanol–water partition coefficient (Wildman–Crippen LogP) is 2.65. The van der Waals surface area contributed by atoms with Crippen molar-refractivity contribution in [2.75, 3.05) is 11.1 Å². The SMILES string of the molecule is CC1CCC(Nc2ccc(N)cn2)CC1. The zero-order valence-electron chi connectivity index (χ0n) is 9.24. The van der Waals surface area contributed by atoms with Gasteiger partial charge in [-0.1, -0.05) is 6.92 Å². The second-order valence-corrected chi connectivity index (χ2v) is 4.58. The van der Waals surface area contributed by atoms with Crippen LogP contribution in [0.4, 0.5) is 11.5 Å². The van der Waals surface area contributed by atoms with Crippen LogP contribution in [0.15, 0.2) is 18.3 Å². The highest BCUT2D eigenvalue weighted by molar-refractivity contribution is 5.44. The molecule has 15 heavy (non-hydrogen) atoms. The van der Waals surface area contributed by atoms with E-state index >= 15 is 0 Å². The molecule has 1 aromatic rings. The molecule has 1 fully saturated rings. The number of hydrogen-bond acceptors (Lipinski definition) is 3. The Balaban J connectivity index is 1.89. The van der Waals surface area contributed by atoms with E-state index in [2.05, 4.69) is 17.2 Å². The van der Waals surface area contributed by atoms with Crippen LogP contribution in [0.3, 0.4) is 0 Å². The third kappa shape index (κ3) is 2.85. The Kier molecular flexibility index (Phi) is 3.09. The van der Waals surface area contributed by atoms with Gasteiger partial charge in [-0.2, -0.15) is 0 Å². The molecule has 3 N–H and O–H groups in total. The minimum absolute atomic E-state index is 0.595. The minimum Gasteiger partial charge on any atom is -0.397 e. The lowest BCUT2D eigenvalue weighted by Crippen LogP contribution is -2.25. The fourth-order valence-corrected chi connectivity index (χ4v) is 2.10. The van der Waals surface area contributed by atoms with Crippen LogP contribution in [0.25, 0.3) is 0 Å². The highest BCUT2D eigenvalue weighted by atomic mass is 15.0. The predicted molar refractivity (Wildman–Crippen MR) is 63.7 cm³/mol. The first-order valence-corrected chi connectivity index (χ1v) is 5.72. The Morgan fingerprint density at radius 3 is 2.60 bits per heavy atom. The van der Waals surface area contributed by atoms with Crippen molar-refractivity contribution >= 4 is 11.5 Å². The fourth-order valence-electron chi connectivity index (χ4n) is 2.10. The average molecular weight is 205 g/mol. The van der Waals surface area contributed by atoms with Gasteiger partial charge in [0.15, 0.2) is 0 Å². The van der Waals surface area contributed by atoms with E-state index in [1.165, 1.54) is 25.7 Å². The summed E-state index contributed by atoms with van der Waals surface area (Å²) < 4.78 is 0. The molecule has 3 nitrogen and oxygen atoms in total. The Bertz CT molecular complexity index is 299. The third-order valence-electron chi connectivity index (χ3n) is 3.15. The van der Waals surface area contributed by atoms with E-state index in [9.17, 15) is 0 Å². The number of nitrogens with two attached hydrogens (primary N) is 1. The molecule has 0 radical (unpaired) electrons. The number of nitrogen functional groups attached to an aromatic ring is 1. The van der Waals surface area contributed by atoms with E-state index in [0.717, 1.165) is 17.4 Å². The zero-order chi connectivity index (χ0) is 10.7. The summed E-state index contributed by atoms with van der Waals surface area (Å²) in [6.45, 7) is 2.33. The average Bonchev–Trinajstić information content (AvgIpc) is 2.25. The number of hydrogen-bond donors (Lipinski definition) is 2. The molecule has 0 amide bonds. The molecule has 2 rings (SSSR count). The molecule has 82 valence electrons. The number of nitrogens with one attached hydrogen (secondary N) is 1. The molecule has 0 saturated heterocycles. The van der Waals surface area contributed by atoms with Gasteiger partial charge in [0.1, 0.15) is 5.82 Å². The van der Waals surface area contributed by atoms with Crippen LogP contribution in [0.5, 0.6) is 0 Å². The van der Waals surface area contributed by atoms with Gasteiger partial charge in [0.25, 0.3) is 0 Å². The summed E-state index contributed by atoms with van der Waals surface area (Å²) >= 11 is 0. The fraction of sp³-hybridized carbons (Fsp3) is 0.583. The van der Waals surface area contributed by atoms with Gasteiger partial charge in [0.2, 0.25) is 0 Å². The Labute approximate surface area is 91.1 Å². The highest BCUT2D eigenvalue weighted by Gasteiger charge is 2.17. The van der Waals surface area contributed by atoms with E-state index in [1.54, 1.807) is 6.20 Å². The van der Waals surface area contributed by atoms with Crippen LogP contribution < -0.4 is 11.1 Å². The maximum atomic E-state index is 5.59. The molecule has 1 aliphatic carbocycles. The molecule has 0 aromatic carbocycles. The summed E-state index contributed by atoms with van der Waals surface area (Å²) in [6.07, 6.45) is 6.87. The maximum Gasteiger partial charge on any atom is 0.126 e.